The highest BCUT2D eigenvalue weighted by Crippen LogP contribution is 2.21. The molecule has 152 valence electrons. The number of carbonyl (C=O) groups is 1. The molecule has 1 aromatic heterocycles. The number of imidazole rings is 1. The van der Waals surface area contributed by atoms with E-state index in [9.17, 15) is 4.79 Å². The summed E-state index contributed by atoms with van der Waals surface area (Å²) < 4.78 is 2.23. The van der Waals surface area contributed by atoms with Gasteiger partial charge >= 0.3 is 5.16 Å². The molecular weight excluding hydrogens is 402 g/mol. The van der Waals surface area contributed by atoms with E-state index >= 15 is 0 Å². The van der Waals surface area contributed by atoms with Crippen LogP contribution in [0.3, 0.4) is 0 Å². The summed E-state index contributed by atoms with van der Waals surface area (Å²) in [4.78, 5) is 16.1. The zero-order valence-electron chi connectivity index (χ0n) is 16.9. The van der Waals surface area contributed by atoms with E-state index < -0.39 is 0 Å². The Morgan fingerprint density at radius 2 is 1.58 bits per heavy atom. The summed E-state index contributed by atoms with van der Waals surface area (Å²) in [6.45, 7) is 0.749. The number of nitrogens with zero attached hydrogens (tertiary/aromatic N) is 1. The molecule has 5 rings (SSSR count). The highest BCUT2D eigenvalue weighted by molar-refractivity contribution is 7.99. The molecule has 4 nitrogen and oxygen atoms in total. The summed E-state index contributed by atoms with van der Waals surface area (Å²) in [6.07, 6.45) is 0. The number of para-hydroxylation sites is 2. The normalized spacial score (nSPS) is 11.1. The fraction of sp³-hybridized carbons (Fsp3) is 0.0769. The van der Waals surface area contributed by atoms with E-state index in [4.69, 9.17) is 0 Å². The van der Waals surface area contributed by atoms with Crippen molar-refractivity contribution in [2.75, 3.05) is 11.1 Å². The summed E-state index contributed by atoms with van der Waals surface area (Å²) >= 11 is 1.52. The molecule has 0 saturated heterocycles. The van der Waals surface area contributed by atoms with Crippen LogP contribution in [0.1, 0.15) is 5.56 Å². The van der Waals surface area contributed by atoms with Gasteiger partial charge in [0.2, 0.25) is 5.91 Å². The van der Waals surface area contributed by atoms with Crippen molar-refractivity contribution in [3.8, 4) is 0 Å². The van der Waals surface area contributed by atoms with Crippen molar-refractivity contribution in [1.82, 2.24) is 4.98 Å². The van der Waals surface area contributed by atoms with Crippen molar-refractivity contribution in [3.05, 3.63) is 103 Å². The molecule has 5 aromatic rings. The second-order valence-corrected chi connectivity index (χ2v) is 8.38. The molecule has 2 N–H and O–H groups in total. The monoisotopic (exact) mass is 424 g/mol. The lowest BCUT2D eigenvalue weighted by Gasteiger charge is -2.06. The summed E-state index contributed by atoms with van der Waals surface area (Å²) in [6, 6.07) is 32.7. The van der Waals surface area contributed by atoms with Crippen LogP contribution in [-0.2, 0) is 11.3 Å². The molecule has 0 atom stereocenters. The Morgan fingerprint density at radius 1 is 0.839 bits per heavy atom. The second-order valence-electron chi connectivity index (χ2n) is 7.42. The van der Waals surface area contributed by atoms with E-state index in [1.165, 1.54) is 17.3 Å². The predicted octanol–water partition coefficient (Wildman–Crippen LogP) is 5.39. The third-order valence-corrected chi connectivity index (χ3v) is 6.24. The summed E-state index contributed by atoms with van der Waals surface area (Å²) in [5.74, 6) is 0.305. The van der Waals surface area contributed by atoms with E-state index in [1.807, 2.05) is 48.5 Å². The Morgan fingerprint density at radius 3 is 2.45 bits per heavy atom. The zero-order valence-corrected chi connectivity index (χ0v) is 17.7. The standard InChI is InChI=1S/C26H21N3OS/c30-25(27-22-15-14-20-10-4-5-11-21(20)16-22)18-31-26-28-23-12-6-7-13-24(23)29(26)17-19-8-2-1-3-9-19/h1-16H,17-18H2,(H,27,30)/p+1. The molecule has 0 radical (unpaired) electrons. The number of amides is 1. The number of fused-ring (bicyclic) bond motifs is 2. The lowest BCUT2D eigenvalue weighted by atomic mass is 10.1. The molecule has 0 aliphatic carbocycles. The number of carbonyl (C=O) groups excluding carboxylic acids is 1. The van der Waals surface area contributed by atoms with E-state index in [2.05, 4.69) is 63.4 Å². The predicted molar refractivity (Wildman–Crippen MR) is 127 cm³/mol. The van der Waals surface area contributed by atoms with Gasteiger partial charge in [-0.15, -0.1) is 0 Å². The Bertz CT molecular complexity index is 1360. The average Bonchev–Trinajstić information content (AvgIpc) is 3.16. The maximum absolute atomic E-state index is 12.7. The number of nitrogens with one attached hydrogen (secondary N) is 2. The smallest absolute Gasteiger partial charge is 0.317 e. The average molecular weight is 425 g/mol. The molecule has 0 aliphatic rings. The number of aromatic amines is 1. The number of benzene rings is 4. The van der Waals surface area contributed by atoms with Crippen molar-refractivity contribution in [3.63, 3.8) is 0 Å². The first-order valence-electron chi connectivity index (χ1n) is 10.2. The fourth-order valence-electron chi connectivity index (χ4n) is 3.74. The molecule has 0 bridgehead atoms. The molecule has 0 spiro atoms. The Kier molecular flexibility index (Phi) is 5.42. The highest BCUT2D eigenvalue weighted by Gasteiger charge is 2.20. The molecule has 1 heterocycles. The number of anilines is 1. The first-order valence-corrected chi connectivity index (χ1v) is 11.2. The molecule has 4 aromatic carbocycles. The Balaban J connectivity index is 1.33. The molecule has 31 heavy (non-hydrogen) atoms. The third-order valence-electron chi connectivity index (χ3n) is 5.24. The van der Waals surface area contributed by atoms with E-state index in [0.29, 0.717) is 5.75 Å². The fourth-order valence-corrected chi connectivity index (χ4v) is 4.58. The second kappa shape index (κ2) is 8.66. The minimum atomic E-state index is -0.0230. The van der Waals surface area contributed by atoms with Crippen molar-refractivity contribution < 1.29 is 9.36 Å². The van der Waals surface area contributed by atoms with Crippen LogP contribution < -0.4 is 9.88 Å². The van der Waals surface area contributed by atoms with Crippen molar-refractivity contribution in [2.24, 2.45) is 0 Å². The largest absolute Gasteiger partial charge is 0.325 e. The van der Waals surface area contributed by atoms with Gasteiger partial charge in [0, 0.05) is 5.69 Å². The maximum Gasteiger partial charge on any atom is 0.317 e. The number of hydrogen-bond acceptors (Lipinski definition) is 2. The van der Waals surface area contributed by atoms with Crippen LogP contribution in [0, 0.1) is 0 Å². The van der Waals surface area contributed by atoms with Crippen molar-refractivity contribution in [2.45, 2.75) is 11.7 Å². The minimum Gasteiger partial charge on any atom is -0.325 e. The molecule has 0 aliphatic heterocycles. The van der Waals surface area contributed by atoms with Gasteiger partial charge in [-0.2, -0.15) is 0 Å². The highest BCUT2D eigenvalue weighted by atomic mass is 32.2. The molecular formula is C26H22N3OS+. The Labute approximate surface area is 184 Å². The van der Waals surface area contributed by atoms with Crippen LogP contribution >= 0.6 is 11.8 Å². The molecule has 0 saturated carbocycles. The van der Waals surface area contributed by atoms with Gasteiger partial charge < -0.3 is 5.32 Å². The number of rotatable bonds is 6. The van der Waals surface area contributed by atoms with Crippen molar-refractivity contribution >= 4 is 45.2 Å². The van der Waals surface area contributed by atoms with Crippen LogP contribution in [0.15, 0.2) is 102 Å². The van der Waals surface area contributed by atoms with Crippen LogP contribution in [0.2, 0.25) is 0 Å². The number of aromatic nitrogens is 2. The van der Waals surface area contributed by atoms with E-state index in [0.717, 1.165) is 39.2 Å². The van der Waals surface area contributed by atoms with Gasteiger partial charge in [0.05, 0.1) is 5.75 Å². The van der Waals surface area contributed by atoms with Gasteiger partial charge in [0.25, 0.3) is 0 Å². The zero-order chi connectivity index (χ0) is 21.0. The summed E-state index contributed by atoms with van der Waals surface area (Å²) in [5.41, 5.74) is 4.23. The van der Waals surface area contributed by atoms with Crippen LogP contribution in [0.5, 0.6) is 0 Å². The first-order chi connectivity index (χ1) is 15.3. The molecule has 0 unspecified atom stereocenters. The Hall–Kier alpha value is -3.57. The van der Waals surface area contributed by atoms with Crippen LogP contribution in [0.25, 0.3) is 21.8 Å². The van der Waals surface area contributed by atoms with Crippen molar-refractivity contribution in [1.29, 1.82) is 0 Å². The van der Waals surface area contributed by atoms with E-state index in [-0.39, 0.29) is 5.91 Å². The van der Waals surface area contributed by atoms with Gasteiger partial charge in [0.15, 0.2) is 11.0 Å². The SMILES string of the molecule is O=C(CSc1[nH]c2ccccc2[n+]1Cc1ccccc1)Nc1ccc2ccccc2c1. The van der Waals surface area contributed by atoms with Crippen LogP contribution in [-0.4, -0.2) is 16.6 Å². The third kappa shape index (κ3) is 4.32. The number of thioether (sulfide) groups is 1. The molecule has 5 heteroatoms. The summed E-state index contributed by atoms with van der Waals surface area (Å²) in [7, 11) is 0. The number of hydrogen-bond donors (Lipinski definition) is 2. The quantitative estimate of drug-likeness (QED) is 0.284. The van der Waals surface area contributed by atoms with Crippen LogP contribution in [0.4, 0.5) is 5.69 Å². The lowest BCUT2D eigenvalue weighted by molar-refractivity contribution is -0.700. The maximum atomic E-state index is 12.7. The van der Waals surface area contributed by atoms with Gasteiger partial charge in [0.1, 0.15) is 6.54 Å². The topological polar surface area (TPSA) is 48.8 Å². The van der Waals surface area contributed by atoms with E-state index in [1.54, 1.807) is 0 Å². The first kappa shape index (κ1) is 19.4. The van der Waals surface area contributed by atoms with Gasteiger partial charge in [-0.1, -0.05) is 72.8 Å². The van der Waals surface area contributed by atoms with Gasteiger partial charge in [-0.3, -0.25) is 4.79 Å². The van der Waals surface area contributed by atoms with Gasteiger partial charge in [-0.25, -0.2) is 9.55 Å². The minimum absolute atomic E-state index is 0.0230. The lowest BCUT2D eigenvalue weighted by Crippen LogP contribution is -2.35. The molecule has 0 fully saturated rings. The summed E-state index contributed by atoms with van der Waals surface area (Å²) in [5, 5.41) is 6.27. The number of H-pyrrole nitrogens is 1. The molecule has 1 amide bonds. The van der Waals surface area contributed by atoms with Gasteiger partial charge in [-0.05, 0) is 52.4 Å².